The van der Waals surface area contributed by atoms with E-state index in [0.717, 1.165) is 18.9 Å². The Labute approximate surface area is 113 Å². The van der Waals surface area contributed by atoms with Gasteiger partial charge in [-0.1, -0.05) is 57.4 Å². The molecule has 0 saturated carbocycles. The van der Waals surface area contributed by atoms with Crippen molar-refractivity contribution in [2.45, 2.75) is 57.8 Å². The number of rotatable bonds is 9. The topological polar surface area (TPSA) is 22.1 Å². The van der Waals surface area contributed by atoms with Gasteiger partial charge in [0.2, 0.25) is 5.88 Å². The maximum Gasteiger partial charge on any atom is 0.213 e. The zero-order chi connectivity index (χ0) is 13.3. The molecule has 0 N–H and O–H groups in total. The third-order valence-corrected chi connectivity index (χ3v) is 10.2. The fraction of sp³-hybridized carbons (Fsp3) is 0.667. The maximum atomic E-state index is 5.63. The van der Waals surface area contributed by atoms with Crippen LogP contribution in [-0.4, -0.2) is 19.7 Å². The third kappa shape index (κ3) is 4.81. The van der Waals surface area contributed by atoms with Crippen LogP contribution in [0.15, 0.2) is 24.4 Å². The molecule has 1 aromatic rings. The number of unbranched alkanes of at least 4 members (excludes halogenated alkanes) is 1. The number of aromatic nitrogens is 1. The summed E-state index contributed by atoms with van der Waals surface area (Å²) in [5.74, 6) is 0.752. The number of pyridine rings is 1. The van der Waals surface area contributed by atoms with Gasteiger partial charge in [-0.25, -0.2) is 4.98 Å². The Morgan fingerprint density at radius 1 is 1.06 bits per heavy atom. The van der Waals surface area contributed by atoms with E-state index in [0.29, 0.717) is 0 Å². The van der Waals surface area contributed by atoms with Gasteiger partial charge in [0, 0.05) is 12.3 Å². The second-order valence-corrected chi connectivity index (χ2v) is 10.7. The van der Waals surface area contributed by atoms with E-state index in [4.69, 9.17) is 4.74 Å². The van der Waals surface area contributed by atoms with Gasteiger partial charge >= 0.3 is 0 Å². The van der Waals surface area contributed by atoms with Gasteiger partial charge in [0.25, 0.3) is 0 Å². The van der Waals surface area contributed by atoms with Crippen molar-refractivity contribution in [2.24, 2.45) is 0 Å². The lowest BCUT2D eigenvalue weighted by molar-refractivity contribution is 0.297. The fourth-order valence-electron chi connectivity index (χ4n) is 2.49. The molecule has 0 aliphatic carbocycles. The van der Waals surface area contributed by atoms with Gasteiger partial charge in [-0.2, -0.15) is 0 Å². The Bertz CT molecular complexity index is 303. The summed E-state index contributed by atoms with van der Waals surface area (Å²) in [7, 11) is -0.918. The van der Waals surface area contributed by atoms with Crippen LogP contribution in [0.4, 0.5) is 0 Å². The van der Waals surface area contributed by atoms with E-state index in [2.05, 4.69) is 25.8 Å². The van der Waals surface area contributed by atoms with Crippen LogP contribution < -0.4 is 4.74 Å². The summed E-state index contributed by atoms with van der Waals surface area (Å²) in [6.45, 7) is 7.94. The molecule has 0 aromatic carbocycles. The molecule has 0 spiro atoms. The first-order valence-electron chi connectivity index (χ1n) is 7.30. The van der Waals surface area contributed by atoms with Crippen LogP contribution in [0.1, 0.15) is 33.6 Å². The summed E-state index contributed by atoms with van der Waals surface area (Å²) >= 11 is 0. The molecule has 1 aromatic heterocycles. The summed E-state index contributed by atoms with van der Waals surface area (Å²) in [6, 6.07) is 11.6. The van der Waals surface area contributed by atoms with Crippen molar-refractivity contribution in [1.29, 1.82) is 0 Å². The van der Waals surface area contributed by atoms with Crippen molar-refractivity contribution in [3.05, 3.63) is 24.4 Å². The van der Waals surface area contributed by atoms with Crippen LogP contribution in [0.25, 0.3) is 0 Å². The zero-order valence-corrected chi connectivity index (χ0v) is 13.1. The summed E-state index contributed by atoms with van der Waals surface area (Å²) in [5, 5.41) is 0. The molecule has 2 nitrogen and oxygen atoms in total. The lowest BCUT2D eigenvalue weighted by atomic mass is 10.3. The average molecular weight is 265 g/mol. The Kier molecular flexibility index (Phi) is 7.02. The Balaban J connectivity index is 2.18. The third-order valence-electron chi connectivity index (χ3n) is 4.24. The number of hydrogen-bond donors (Lipinski definition) is 0. The van der Waals surface area contributed by atoms with Crippen LogP contribution in [-0.2, 0) is 0 Å². The molecular weight excluding hydrogens is 238 g/mol. The van der Waals surface area contributed by atoms with Crippen molar-refractivity contribution in [3.8, 4) is 5.88 Å². The van der Waals surface area contributed by atoms with Gasteiger partial charge in [0.1, 0.15) is 0 Å². The van der Waals surface area contributed by atoms with Gasteiger partial charge in [-0.3, -0.25) is 0 Å². The standard InChI is InChI=1S/C15H27NOSi/c1-4-18(5-2,6-3)14-10-9-13-17-15-11-7-8-12-16-15/h7-8,11-12H,4-6,9-10,13-14H2,1-3H3. The second kappa shape index (κ2) is 8.30. The molecule has 0 aliphatic heterocycles. The highest BCUT2D eigenvalue weighted by Gasteiger charge is 2.25. The molecule has 1 heterocycles. The van der Waals surface area contributed by atoms with Crippen LogP contribution in [0.2, 0.25) is 24.2 Å². The van der Waals surface area contributed by atoms with Crippen molar-refractivity contribution in [2.75, 3.05) is 6.61 Å². The number of hydrogen-bond acceptors (Lipinski definition) is 2. The van der Waals surface area contributed by atoms with Crippen molar-refractivity contribution in [3.63, 3.8) is 0 Å². The minimum atomic E-state index is -0.918. The minimum absolute atomic E-state index is 0.752. The first kappa shape index (κ1) is 15.2. The number of ether oxygens (including phenoxy) is 1. The molecule has 0 fully saturated rings. The molecule has 0 amide bonds. The summed E-state index contributed by atoms with van der Waals surface area (Å²) < 4.78 is 5.63. The smallest absolute Gasteiger partial charge is 0.213 e. The van der Waals surface area contributed by atoms with E-state index in [1.165, 1.54) is 30.6 Å². The highest BCUT2D eigenvalue weighted by atomic mass is 28.3. The first-order valence-corrected chi connectivity index (χ1v) is 10.1. The monoisotopic (exact) mass is 265 g/mol. The van der Waals surface area contributed by atoms with Gasteiger partial charge < -0.3 is 4.74 Å². The zero-order valence-electron chi connectivity index (χ0n) is 12.1. The Hall–Kier alpha value is -0.833. The largest absolute Gasteiger partial charge is 0.478 e. The molecule has 0 radical (unpaired) electrons. The van der Waals surface area contributed by atoms with Gasteiger partial charge in [-0.15, -0.1) is 0 Å². The summed E-state index contributed by atoms with van der Waals surface area (Å²) in [4.78, 5) is 4.16. The predicted molar refractivity (Wildman–Crippen MR) is 81.0 cm³/mol. The van der Waals surface area contributed by atoms with Crippen molar-refractivity contribution in [1.82, 2.24) is 4.98 Å². The molecule has 1 rings (SSSR count). The van der Waals surface area contributed by atoms with E-state index < -0.39 is 8.07 Å². The van der Waals surface area contributed by atoms with Crippen LogP contribution >= 0.6 is 0 Å². The van der Waals surface area contributed by atoms with E-state index in [9.17, 15) is 0 Å². The van der Waals surface area contributed by atoms with Gasteiger partial charge in [0.15, 0.2) is 0 Å². The summed E-state index contributed by atoms with van der Waals surface area (Å²) in [5.41, 5.74) is 0. The number of nitrogens with zero attached hydrogens (tertiary/aromatic N) is 1. The van der Waals surface area contributed by atoms with E-state index in [-0.39, 0.29) is 0 Å². The molecule has 0 unspecified atom stereocenters. The van der Waals surface area contributed by atoms with Crippen LogP contribution in [0.3, 0.4) is 0 Å². The molecule has 3 heteroatoms. The molecule has 102 valence electrons. The maximum absolute atomic E-state index is 5.63. The van der Waals surface area contributed by atoms with E-state index in [1.807, 2.05) is 18.2 Å². The van der Waals surface area contributed by atoms with Crippen molar-refractivity contribution >= 4 is 8.07 Å². The average Bonchev–Trinajstić information content (AvgIpc) is 2.45. The quantitative estimate of drug-likeness (QED) is 0.475. The molecule has 18 heavy (non-hydrogen) atoms. The lowest BCUT2D eigenvalue weighted by Crippen LogP contribution is -2.30. The van der Waals surface area contributed by atoms with Crippen LogP contribution in [0, 0.1) is 0 Å². The minimum Gasteiger partial charge on any atom is -0.478 e. The summed E-state index contributed by atoms with van der Waals surface area (Å²) in [6.07, 6.45) is 4.25. The van der Waals surface area contributed by atoms with Gasteiger partial charge in [0.05, 0.1) is 14.7 Å². The molecule has 0 saturated heterocycles. The lowest BCUT2D eigenvalue weighted by Gasteiger charge is -2.27. The predicted octanol–water partition coefficient (Wildman–Crippen LogP) is 4.75. The highest BCUT2D eigenvalue weighted by Crippen LogP contribution is 2.27. The van der Waals surface area contributed by atoms with Crippen molar-refractivity contribution < 1.29 is 4.74 Å². The highest BCUT2D eigenvalue weighted by molar-refractivity contribution is 6.79. The normalized spacial score (nSPS) is 11.5. The molecule has 0 atom stereocenters. The van der Waals surface area contributed by atoms with Gasteiger partial charge in [-0.05, 0) is 12.5 Å². The molecule has 0 bridgehead atoms. The molecular formula is C15H27NOSi. The Morgan fingerprint density at radius 3 is 2.33 bits per heavy atom. The van der Waals surface area contributed by atoms with E-state index in [1.54, 1.807) is 6.20 Å². The Morgan fingerprint density at radius 2 is 1.78 bits per heavy atom. The fourth-order valence-corrected chi connectivity index (χ4v) is 6.05. The van der Waals surface area contributed by atoms with Crippen LogP contribution in [0.5, 0.6) is 5.88 Å². The second-order valence-electron chi connectivity index (χ2n) is 5.03. The first-order chi connectivity index (χ1) is 8.76. The van der Waals surface area contributed by atoms with E-state index >= 15 is 0 Å². The molecule has 0 aliphatic rings. The SMILES string of the molecule is CC[Si](CC)(CC)CCCCOc1ccccn1.